The smallest absolute Gasteiger partial charge is 0.250 e. The molecule has 1 aromatic rings. The molecule has 0 aromatic carbocycles. The molecular weight excluding hydrogens is 240 g/mol. The number of hydrogen-bond acceptors (Lipinski definition) is 4. The van der Waals surface area contributed by atoms with Crippen LogP contribution in [0.2, 0.25) is 0 Å². The minimum absolute atomic E-state index is 0.0871. The monoisotopic (exact) mass is 264 g/mol. The molecule has 0 saturated carbocycles. The first-order chi connectivity index (χ1) is 9.29. The molecule has 0 spiro atoms. The third-order valence-electron chi connectivity index (χ3n) is 3.70. The Kier molecular flexibility index (Phi) is 5.57. The Hall–Kier alpha value is -1.17. The first-order valence-electron chi connectivity index (χ1n) is 7.10. The predicted octanol–water partition coefficient (Wildman–Crippen LogP) is -0.185. The zero-order valence-corrected chi connectivity index (χ0v) is 11.5. The van der Waals surface area contributed by atoms with E-state index in [2.05, 4.69) is 9.80 Å². The molecule has 1 aliphatic rings. The summed E-state index contributed by atoms with van der Waals surface area (Å²) in [4.78, 5) is 16.5. The van der Waals surface area contributed by atoms with Gasteiger partial charge in [0.15, 0.2) is 0 Å². The number of nitrogens with zero attached hydrogens (tertiary/aromatic N) is 3. The Balaban J connectivity index is 1.71. The number of nitrogens with two attached hydrogens (primary N) is 1. The van der Waals surface area contributed by atoms with E-state index in [4.69, 9.17) is 5.73 Å². The molecule has 5 nitrogen and oxygen atoms in total. The van der Waals surface area contributed by atoms with Gasteiger partial charge in [-0.1, -0.05) is 6.07 Å². The second-order valence-corrected chi connectivity index (χ2v) is 5.06. The largest absolute Gasteiger partial charge is 0.330 e. The van der Waals surface area contributed by atoms with Gasteiger partial charge in [-0.25, -0.2) is 0 Å². The minimum Gasteiger partial charge on any atom is -0.330 e. The highest BCUT2D eigenvalue weighted by Gasteiger charge is 2.15. The zero-order valence-electron chi connectivity index (χ0n) is 11.5. The van der Waals surface area contributed by atoms with Gasteiger partial charge in [-0.2, -0.15) is 0 Å². The molecule has 0 unspecified atom stereocenters. The van der Waals surface area contributed by atoms with Crippen molar-refractivity contribution < 1.29 is 0 Å². The summed E-state index contributed by atoms with van der Waals surface area (Å²) in [5.41, 5.74) is 5.62. The van der Waals surface area contributed by atoms with Gasteiger partial charge in [0.25, 0.3) is 5.56 Å². The number of hydrogen-bond donors (Lipinski definition) is 1. The van der Waals surface area contributed by atoms with Gasteiger partial charge < -0.3 is 15.2 Å². The van der Waals surface area contributed by atoms with Crippen LogP contribution < -0.4 is 11.3 Å². The maximum Gasteiger partial charge on any atom is 0.250 e. The molecule has 1 aromatic heterocycles. The number of pyridine rings is 1. The highest BCUT2D eigenvalue weighted by atomic mass is 16.1. The Morgan fingerprint density at radius 1 is 1.00 bits per heavy atom. The van der Waals surface area contributed by atoms with Crippen LogP contribution >= 0.6 is 0 Å². The fraction of sp³-hybridized carbons (Fsp3) is 0.643. The van der Waals surface area contributed by atoms with E-state index in [0.29, 0.717) is 0 Å². The number of rotatable bonds is 6. The molecule has 1 aliphatic heterocycles. The first-order valence-corrected chi connectivity index (χ1v) is 7.10. The Morgan fingerprint density at radius 3 is 2.32 bits per heavy atom. The number of piperazine rings is 1. The molecule has 1 saturated heterocycles. The summed E-state index contributed by atoms with van der Waals surface area (Å²) in [6.07, 6.45) is 2.94. The summed E-state index contributed by atoms with van der Waals surface area (Å²) in [6.45, 7) is 8.03. The quantitative estimate of drug-likeness (QED) is 0.774. The average molecular weight is 264 g/mol. The Morgan fingerprint density at radius 2 is 1.68 bits per heavy atom. The predicted molar refractivity (Wildman–Crippen MR) is 77.3 cm³/mol. The lowest BCUT2D eigenvalue weighted by Gasteiger charge is -2.34. The first kappa shape index (κ1) is 14.2. The van der Waals surface area contributed by atoms with Crippen molar-refractivity contribution in [3.05, 3.63) is 34.7 Å². The highest BCUT2D eigenvalue weighted by Crippen LogP contribution is 2.02. The van der Waals surface area contributed by atoms with Gasteiger partial charge in [0, 0.05) is 51.5 Å². The van der Waals surface area contributed by atoms with E-state index >= 15 is 0 Å². The van der Waals surface area contributed by atoms with E-state index in [-0.39, 0.29) is 5.56 Å². The van der Waals surface area contributed by atoms with Gasteiger partial charge in [0.05, 0.1) is 0 Å². The minimum atomic E-state index is 0.0871. The average Bonchev–Trinajstić information content (AvgIpc) is 2.45. The van der Waals surface area contributed by atoms with Crippen LogP contribution in [0.5, 0.6) is 0 Å². The molecule has 0 amide bonds. The lowest BCUT2D eigenvalue weighted by atomic mass is 10.3. The van der Waals surface area contributed by atoms with Crippen molar-refractivity contribution >= 4 is 0 Å². The molecule has 0 atom stereocenters. The van der Waals surface area contributed by atoms with Crippen LogP contribution in [0, 0.1) is 0 Å². The van der Waals surface area contributed by atoms with Crippen molar-refractivity contribution in [2.75, 3.05) is 45.8 Å². The maximum absolute atomic E-state index is 11.6. The van der Waals surface area contributed by atoms with E-state index in [0.717, 1.165) is 58.8 Å². The summed E-state index contributed by atoms with van der Waals surface area (Å²) in [5, 5.41) is 0. The molecule has 0 radical (unpaired) electrons. The van der Waals surface area contributed by atoms with Crippen molar-refractivity contribution in [1.29, 1.82) is 0 Å². The highest BCUT2D eigenvalue weighted by molar-refractivity contribution is 4.93. The van der Waals surface area contributed by atoms with Crippen LogP contribution in [0.1, 0.15) is 6.42 Å². The van der Waals surface area contributed by atoms with E-state index in [1.54, 1.807) is 16.7 Å². The van der Waals surface area contributed by atoms with Crippen LogP contribution in [-0.2, 0) is 6.54 Å². The third-order valence-corrected chi connectivity index (χ3v) is 3.70. The van der Waals surface area contributed by atoms with Crippen molar-refractivity contribution in [3.8, 4) is 0 Å². The van der Waals surface area contributed by atoms with Crippen LogP contribution in [0.15, 0.2) is 29.2 Å². The molecule has 2 rings (SSSR count). The van der Waals surface area contributed by atoms with Crippen LogP contribution in [0.4, 0.5) is 0 Å². The van der Waals surface area contributed by atoms with Crippen molar-refractivity contribution in [2.24, 2.45) is 5.73 Å². The van der Waals surface area contributed by atoms with Crippen LogP contribution in [-0.4, -0.2) is 60.2 Å². The maximum atomic E-state index is 11.6. The van der Waals surface area contributed by atoms with E-state index < -0.39 is 0 Å². The molecule has 19 heavy (non-hydrogen) atoms. The fourth-order valence-electron chi connectivity index (χ4n) is 2.45. The summed E-state index contributed by atoms with van der Waals surface area (Å²) < 4.78 is 1.78. The molecule has 2 heterocycles. The van der Waals surface area contributed by atoms with Gasteiger partial charge in [-0.3, -0.25) is 9.69 Å². The fourth-order valence-corrected chi connectivity index (χ4v) is 2.45. The SMILES string of the molecule is NCCCN1CCN(CCn2ccccc2=O)CC1. The molecule has 2 N–H and O–H groups in total. The number of aromatic nitrogens is 1. The summed E-state index contributed by atoms with van der Waals surface area (Å²) in [7, 11) is 0. The topological polar surface area (TPSA) is 54.5 Å². The lowest BCUT2D eigenvalue weighted by Crippen LogP contribution is -2.47. The van der Waals surface area contributed by atoms with E-state index in [1.165, 1.54) is 0 Å². The van der Waals surface area contributed by atoms with Gasteiger partial charge >= 0.3 is 0 Å². The van der Waals surface area contributed by atoms with Crippen molar-refractivity contribution in [3.63, 3.8) is 0 Å². The lowest BCUT2D eigenvalue weighted by molar-refractivity contribution is 0.128. The molecular formula is C14H24N4O. The second kappa shape index (κ2) is 7.43. The zero-order chi connectivity index (χ0) is 13.5. The normalized spacial score (nSPS) is 17.7. The molecule has 5 heteroatoms. The summed E-state index contributed by atoms with van der Waals surface area (Å²) in [6, 6.07) is 5.31. The Labute approximate surface area is 114 Å². The van der Waals surface area contributed by atoms with E-state index in [1.807, 2.05) is 12.3 Å². The van der Waals surface area contributed by atoms with Crippen molar-refractivity contribution in [1.82, 2.24) is 14.4 Å². The summed E-state index contributed by atoms with van der Waals surface area (Å²) in [5.74, 6) is 0. The van der Waals surface area contributed by atoms with Crippen LogP contribution in [0.3, 0.4) is 0 Å². The van der Waals surface area contributed by atoms with Gasteiger partial charge in [-0.15, -0.1) is 0 Å². The molecule has 106 valence electrons. The summed E-state index contributed by atoms with van der Waals surface area (Å²) >= 11 is 0. The van der Waals surface area contributed by atoms with Gasteiger partial charge in [-0.05, 0) is 25.6 Å². The molecule has 0 bridgehead atoms. The van der Waals surface area contributed by atoms with Crippen LogP contribution in [0.25, 0.3) is 0 Å². The van der Waals surface area contributed by atoms with Crippen molar-refractivity contribution in [2.45, 2.75) is 13.0 Å². The van der Waals surface area contributed by atoms with Gasteiger partial charge in [0.1, 0.15) is 0 Å². The molecule has 1 fully saturated rings. The van der Waals surface area contributed by atoms with E-state index in [9.17, 15) is 4.79 Å². The third kappa shape index (κ3) is 4.45. The Bertz CT molecular complexity index is 423. The van der Waals surface area contributed by atoms with Gasteiger partial charge in [0.2, 0.25) is 0 Å². The second-order valence-electron chi connectivity index (χ2n) is 5.06. The standard InChI is InChI=1S/C14H24N4O/c15-5-3-6-16-8-10-17(11-9-16)12-13-18-7-2-1-4-14(18)19/h1-2,4,7H,3,5-6,8-13,15H2. The molecule has 0 aliphatic carbocycles.